The largest absolute Gasteiger partial charge is 0.378 e. The third-order valence-electron chi connectivity index (χ3n) is 4.81. The summed E-state index contributed by atoms with van der Waals surface area (Å²) in [5.74, 6) is 0.875. The number of aromatic nitrogens is 4. The van der Waals surface area contributed by atoms with E-state index >= 15 is 0 Å². The molecular weight excluding hydrogens is 346 g/mol. The average molecular weight is 371 g/mol. The molecule has 0 radical (unpaired) electrons. The van der Waals surface area contributed by atoms with Crippen molar-refractivity contribution in [2.45, 2.75) is 0 Å². The van der Waals surface area contributed by atoms with Crippen LogP contribution in [0.15, 0.2) is 61.2 Å². The summed E-state index contributed by atoms with van der Waals surface area (Å²) in [5, 5.41) is 0. The van der Waals surface area contributed by atoms with Gasteiger partial charge in [-0.1, -0.05) is 24.3 Å². The van der Waals surface area contributed by atoms with Crippen molar-refractivity contribution >= 4 is 28.9 Å². The first kappa shape index (κ1) is 17.9. The second kappa shape index (κ2) is 7.27. The lowest BCUT2D eigenvalue weighted by molar-refractivity contribution is -0.671. The number of anilines is 1. The molecule has 0 spiro atoms. The molecule has 0 saturated carbocycles. The number of aryl methyl sites for hydroxylation is 2. The van der Waals surface area contributed by atoms with Crippen LogP contribution in [0.4, 0.5) is 5.69 Å². The van der Waals surface area contributed by atoms with Gasteiger partial charge in [-0.2, -0.15) is 0 Å². The Hall–Kier alpha value is -3.47. The van der Waals surface area contributed by atoms with E-state index in [0.29, 0.717) is 0 Å². The smallest absolute Gasteiger partial charge is 0.194 e. The summed E-state index contributed by atoms with van der Waals surface area (Å²) < 4.78 is 4.07. The van der Waals surface area contributed by atoms with Crippen LogP contribution < -0.4 is 14.0 Å². The molecule has 3 heterocycles. The number of fused-ring (bicyclic) bond motifs is 1. The molecule has 0 aliphatic carbocycles. The van der Waals surface area contributed by atoms with Crippen LogP contribution in [-0.4, -0.2) is 24.1 Å². The van der Waals surface area contributed by atoms with Crippen molar-refractivity contribution < 1.29 is 9.13 Å². The Balaban J connectivity index is 1.71. The molecule has 0 saturated heterocycles. The number of benzene rings is 1. The normalized spacial score (nSPS) is 11.4. The molecule has 0 unspecified atom stereocenters. The fraction of sp³-hybridized carbons (Fsp3) is 0.174. The molecule has 28 heavy (non-hydrogen) atoms. The highest BCUT2D eigenvalue weighted by Crippen LogP contribution is 2.24. The van der Waals surface area contributed by atoms with Crippen LogP contribution in [0.5, 0.6) is 0 Å². The summed E-state index contributed by atoms with van der Waals surface area (Å²) in [7, 11) is 8.14. The maximum Gasteiger partial charge on any atom is 0.194 e. The highest BCUT2D eigenvalue weighted by atomic mass is 15.1. The number of nitrogens with zero attached hydrogens (tertiary/aromatic N) is 4. The monoisotopic (exact) mass is 371 g/mol. The zero-order valence-corrected chi connectivity index (χ0v) is 16.7. The van der Waals surface area contributed by atoms with Gasteiger partial charge in [0.05, 0.1) is 5.56 Å². The van der Waals surface area contributed by atoms with Gasteiger partial charge in [0.1, 0.15) is 31.0 Å². The van der Waals surface area contributed by atoms with Gasteiger partial charge in [0.15, 0.2) is 24.8 Å². The molecule has 0 atom stereocenters. The minimum atomic E-state index is 0.875. The Kier molecular flexibility index (Phi) is 4.65. The minimum absolute atomic E-state index is 0.875. The standard InChI is InChI=1S/C23H24N5/c1-26(2)19-9-6-17(7-10-19)5-8-18-11-13-27(3)15-20(18)23-24-21-12-14-28(4)16-22(21)25-23/h5-16H,1-4H3/q+1/p+1. The van der Waals surface area contributed by atoms with Crippen molar-refractivity contribution in [2.75, 3.05) is 19.0 Å². The number of pyridine rings is 2. The predicted octanol–water partition coefficient (Wildman–Crippen LogP) is 3.12. The molecule has 0 aliphatic rings. The summed E-state index contributed by atoms with van der Waals surface area (Å²) >= 11 is 0. The molecule has 4 aromatic rings. The molecule has 1 aromatic carbocycles. The summed E-state index contributed by atoms with van der Waals surface area (Å²) in [4.78, 5) is 10.3. The van der Waals surface area contributed by atoms with Gasteiger partial charge < -0.3 is 9.88 Å². The number of nitrogens with one attached hydrogen (secondary N) is 1. The van der Waals surface area contributed by atoms with Crippen LogP contribution in [0.1, 0.15) is 11.1 Å². The summed E-state index contributed by atoms with van der Waals surface area (Å²) in [6.45, 7) is 0. The third kappa shape index (κ3) is 3.64. The van der Waals surface area contributed by atoms with Gasteiger partial charge in [0.2, 0.25) is 0 Å². The molecule has 3 aromatic heterocycles. The first-order chi connectivity index (χ1) is 13.5. The fourth-order valence-electron chi connectivity index (χ4n) is 3.21. The van der Waals surface area contributed by atoms with E-state index in [1.165, 1.54) is 11.3 Å². The minimum Gasteiger partial charge on any atom is -0.378 e. The summed E-state index contributed by atoms with van der Waals surface area (Å²) in [6.07, 6.45) is 12.5. The van der Waals surface area contributed by atoms with Gasteiger partial charge in [-0.3, -0.25) is 0 Å². The zero-order valence-electron chi connectivity index (χ0n) is 16.7. The van der Waals surface area contributed by atoms with E-state index < -0.39 is 0 Å². The second-order valence-electron chi connectivity index (χ2n) is 7.29. The van der Waals surface area contributed by atoms with Gasteiger partial charge in [-0.15, -0.1) is 0 Å². The van der Waals surface area contributed by atoms with E-state index in [-0.39, 0.29) is 0 Å². The maximum absolute atomic E-state index is 4.79. The summed E-state index contributed by atoms with van der Waals surface area (Å²) in [5.41, 5.74) is 6.55. The Labute approximate surface area is 165 Å². The second-order valence-corrected chi connectivity index (χ2v) is 7.29. The fourth-order valence-corrected chi connectivity index (χ4v) is 3.21. The van der Waals surface area contributed by atoms with Crippen molar-refractivity contribution in [3.05, 3.63) is 72.3 Å². The molecule has 0 bridgehead atoms. The van der Waals surface area contributed by atoms with Crippen molar-refractivity contribution in [1.82, 2.24) is 9.97 Å². The van der Waals surface area contributed by atoms with Crippen LogP contribution in [0, 0.1) is 0 Å². The Morgan fingerprint density at radius 2 is 1.61 bits per heavy atom. The maximum atomic E-state index is 4.79. The molecular formula is C23H25N5+2. The molecule has 0 fully saturated rings. The highest BCUT2D eigenvalue weighted by molar-refractivity contribution is 5.82. The molecule has 5 nitrogen and oxygen atoms in total. The first-order valence-electron chi connectivity index (χ1n) is 9.30. The Morgan fingerprint density at radius 3 is 2.36 bits per heavy atom. The molecule has 0 amide bonds. The molecule has 1 N–H and O–H groups in total. The van der Waals surface area contributed by atoms with Crippen molar-refractivity contribution in [2.24, 2.45) is 14.1 Å². The average Bonchev–Trinajstić information content (AvgIpc) is 3.10. The molecule has 140 valence electrons. The van der Waals surface area contributed by atoms with E-state index in [1.807, 2.05) is 35.5 Å². The topological polar surface area (TPSA) is 39.7 Å². The first-order valence-corrected chi connectivity index (χ1v) is 9.30. The van der Waals surface area contributed by atoms with Crippen molar-refractivity contribution in [1.29, 1.82) is 0 Å². The predicted molar refractivity (Wildman–Crippen MR) is 114 cm³/mol. The number of imidazole rings is 1. The number of aromatic amines is 1. The van der Waals surface area contributed by atoms with Gasteiger partial charge >= 0.3 is 0 Å². The van der Waals surface area contributed by atoms with Crippen LogP contribution >= 0.6 is 0 Å². The molecule has 0 aliphatic heterocycles. The van der Waals surface area contributed by atoms with E-state index in [2.05, 4.69) is 85.1 Å². The van der Waals surface area contributed by atoms with Gasteiger partial charge in [0, 0.05) is 31.9 Å². The zero-order chi connectivity index (χ0) is 19.7. The van der Waals surface area contributed by atoms with Crippen LogP contribution in [0.3, 0.4) is 0 Å². The quantitative estimate of drug-likeness (QED) is 0.560. The van der Waals surface area contributed by atoms with E-state index in [4.69, 9.17) is 4.98 Å². The van der Waals surface area contributed by atoms with Crippen LogP contribution in [0.25, 0.3) is 34.6 Å². The third-order valence-corrected chi connectivity index (χ3v) is 4.81. The lowest BCUT2D eigenvalue weighted by atomic mass is 10.1. The number of H-pyrrole nitrogens is 1. The number of hydrogen-bond acceptors (Lipinski definition) is 2. The Morgan fingerprint density at radius 1 is 0.893 bits per heavy atom. The van der Waals surface area contributed by atoms with E-state index in [0.717, 1.165) is 28.0 Å². The van der Waals surface area contributed by atoms with Crippen molar-refractivity contribution in [3.63, 3.8) is 0 Å². The Bertz CT molecular complexity index is 1150. The number of rotatable bonds is 4. The van der Waals surface area contributed by atoms with Crippen LogP contribution in [-0.2, 0) is 14.1 Å². The number of hydrogen-bond donors (Lipinski definition) is 1. The van der Waals surface area contributed by atoms with E-state index in [1.54, 1.807) is 0 Å². The van der Waals surface area contributed by atoms with Gasteiger partial charge in [-0.25, -0.2) is 14.1 Å². The lowest BCUT2D eigenvalue weighted by Crippen LogP contribution is -2.26. The van der Waals surface area contributed by atoms with Crippen LogP contribution in [0.2, 0.25) is 0 Å². The van der Waals surface area contributed by atoms with E-state index in [9.17, 15) is 0 Å². The highest BCUT2D eigenvalue weighted by Gasteiger charge is 2.14. The van der Waals surface area contributed by atoms with Crippen molar-refractivity contribution in [3.8, 4) is 11.4 Å². The lowest BCUT2D eigenvalue weighted by Gasteiger charge is -2.11. The van der Waals surface area contributed by atoms with Gasteiger partial charge in [-0.05, 0) is 23.3 Å². The molecule has 4 rings (SSSR count). The summed E-state index contributed by atoms with van der Waals surface area (Å²) in [6, 6.07) is 12.7. The van der Waals surface area contributed by atoms with Gasteiger partial charge in [0.25, 0.3) is 0 Å². The molecule has 5 heteroatoms. The SMILES string of the molecule is CN(C)c1ccc(C=Cc2cc[n+](C)cc2-c2nc3cc[n+](C)cc3[nH]2)cc1.